The van der Waals surface area contributed by atoms with Crippen LogP contribution >= 0.6 is 31.9 Å². The quantitative estimate of drug-likeness (QED) is 0.104. The maximum absolute atomic E-state index is 3.57. The fourth-order valence-electron chi connectivity index (χ4n) is 20.2. The number of aryl methyl sites for hydroxylation is 2. The van der Waals surface area contributed by atoms with Crippen molar-refractivity contribution in [3.63, 3.8) is 0 Å². The van der Waals surface area contributed by atoms with E-state index in [0.717, 1.165) is 65.8 Å². The molecule has 0 amide bonds. The van der Waals surface area contributed by atoms with Gasteiger partial charge in [-0.3, -0.25) is 0 Å². The molecule has 0 fully saturated rings. The van der Waals surface area contributed by atoms with Gasteiger partial charge in [-0.05, 0) is 296 Å². The first kappa shape index (κ1) is 84.2. The van der Waals surface area contributed by atoms with Crippen LogP contribution in [0.4, 0.5) is 45.5 Å². The van der Waals surface area contributed by atoms with Crippen LogP contribution < -0.4 is 15.1 Å². The van der Waals surface area contributed by atoms with Gasteiger partial charge in [0.05, 0.1) is 33.1 Å². The summed E-state index contributed by atoms with van der Waals surface area (Å²) in [5, 5.41) is 21.1. The highest BCUT2D eigenvalue weighted by molar-refractivity contribution is 9.10. The number of fused-ring (bicyclic) bond motifs is 13. The zero-order valence-electron chi connectivity index (χ0n) is 73.8. The highest BCUT2D eigenvalue weighted by Crippen LogP contribution is 2.50. The van der Waals surface area contributed by atoms with Gasteiger partial charge in [-0.2, -0.15) is 0 Å². The Balaban J connectivity index is 0.000000152. The SMILES string of the molecule is C.Cc1ccc2c(-c3ccc(Br)cc3)c3ccccc3c(-c3ccc(Br)cc3)c2c1.Cc1ccc2c(-c3ccc(N(c4ccccc4)c4ccc(-n5c6ccccc6c6ccccc65)cc4)cc3)c3ccccc3c(-c3ccc(N(c4ccccc4)c4ccc(-n5c6ccccc6c6ccccc65)cc4)cc3)c2c1.c1ccc(Nc2ccc(-n3c4ccccc4c4ccccc43)cc2)cc1. The summed E-state index contributed by atoms with van der Waals surface area (Å²) in [5.74, 6) is 0. The number of halogens is 2. The Morgan fingerprint density at radius 1 is 0.185 bits per heavy atom. The summed E-state index contributed by atoms with van der Waals surface area (Å²) >= 11 is 7.14. The van der Waals surface area contributed by atoms with Gasteiger partial charge in [0, 0.05) is 104 Å². The number of nitrogens with one attached hydrogen (secondary N) is 1. The van der Waals surface area contributed by atoms with E-state index >= 15 is 0 Å². The zero-order chi connectivity index (χ0) is 89.7. The van der Waals surface area contributed by atoms with E-state index in [1.165, 1.54) is 170 Å². The fraction of sp³-hybridized carbons (Fsp3) is 0.0236. The summed E-state index contributed by atoms with van der Waals surface area (Å²) < 4.78 is 9.27. The third-order valence-corrected chi connectivity index (χ3v) is 27.2. The first-order valence-electron chi connectivity index (χ1n) is 45.6. The summed E-state index contributed by atoms with van der Waals surface area (Å²) in [5.41, 5.74) is 31.8. The molecule has 0 bridgehead atoms. The smallest absolute Gasteiger partial charge is 0.0541 e. The van der Waals surface area contributed by atoms with E-state index in [1.807, 2.05) is 18.2 Å². The molecule has 644 valence electrons. The van der Waals surface area contributed by atoms with Crippen molar-refractivity contribution in [3.8, 4) is 61.6 Å². The fourth-order valence-corrected chi connectivity index (χ4v) is 20.7. The molecular formula is C127H92Br2N6. The van der Waals surface area contributed by atoms with Crippen molar-refractivity contribution in [1.82, 2.24) is 13.7 Å². The first-order valence-corrected chi connectivity index (χ1v) is 47.1. The second kappa shape index (κ2) is 36.4. The predicted octanol–water partition coefficient (Wildman–Crippen LogP) is 37.1. The van der Waals surface area contributed by atoms with Crippen molar-refractivity contribution in [2.75, 3.05) is 15.1 Å². The molecule has 6 nitrogen and oxygen atoms in total. The van der Waals surface area contributed by atoms with Crippen molar-refractivity contribution in [2.45, 2.75) is 21.3 Å². The second-order valence-corrected chi connectivity index (χ2v) is 36.1. The third-order valence-electron chi connectivity index (χ3n) is 26.1. The van der Waals surface area contributed by atoms with Gasteiger partial charge in [0.25, 0.3) is 0 Å². The molecule has 25 aromatic rings. The third kappa shape index (κ3) is 15.8. The Morgan fingerprint density at radius 3 is 0.681 bits per heavy atom. The molecule has 22 aromatic carbocycles. The summed E-state index contributed by atoms with van der Waals surface area (Å²) in [6, 6.07) is 177. The average Bonchev–Trinajstić information content (AvgIpc) is 1.73. The van der Waals surface area contributed by atoms with E-state index in [2.05, 4.69) is 548 Å². The van der Waals surface area contributed by atoms with Crippen LogP contribution in [0, 0.1) is 13.8 Å². The minimum atomic E-state index is 0. The molecule has 3 aromatic heterocycles. The van der Waals surface area contributed by atoms with Gasteiger partial charge in [0.2, 0.25) is 0 Å². The van der Waals surface area contributed by atoms with Gasteiger partial charge >= 0.3 is 0 Å². The van der Waals surface area contributed by atoms with Crippen LogP contribution in [0.25, 0.3) is 170 Å². The van der Waals surface area contributed by atoms with Crippen molar-refractivity contribution in [1.29, 1.82) is 0 Å². The van der Waals surface area contributed by atoms with E-state index in [1.54, 1.807) is 0 Å². The number of hydrogen-bond donors (Lipinski definition) is 1. The second-order valence-electron chi connectivity index (χ2n) is 34.3. The van der Waals surface area contributed by atoms with E-state index in [9.17, 15) is 0 Å². The van der Waals surface area contributed by atoms with Gasteiger partial charge < -0.3 is 28.8 Å². The molecule has 3 heterocycles. The molecule has 0 aliphatic carbocycles. The molecule has 0 aliphatic rings. The number of rotatable bonds is 15. The maximum Gasteiger partial charge on any atom is 0.0541 e. The first-order chi connectivity index (χ1) is 66.1. The molecule has 135 heavy (non-hydrogen) atoms. The lowest BCUT2D eigenvalue weighted by Crippen LogP contribution is -2.10. The van der Waals surface area contributed by atoms with Crippen LogP contribution in [0.1, 0.15) is 18.6 Å². The Kier molecular flexibility index (Phi) is 22.7. The summed E-state index contributed by atoms with van der Waals surface area (Å²) in [6.07, 6.45) is 0. The molecule has 8 heteroatoms. The van der Waals surface area contributed by atoms with E-state index in [-0.39, 0.29) is 7.43 Å². The van der Waals surface area contributed by atoms with Crippen LogP contribution in [-0.4, -0.2) is 13.7 Å². The van der Waals surface area contributed by atoms with E-state index in [0.29, 0.717) is 0 Å². The minimum Gasteiger partial charge on any atom is -0.356 e. The predicted molar refractivity (Wildman–Crippen MR) is 585 cm³/mol. The van der Waals surface area contributed by atoms with Crippen LogP contribution in [0.3, 0.4) is 0 Å². The van der Waals surface area contributed by atoms with E-state index in [4.69, 9.17) is 0 Å². The van der Waals surface area contributed by atoms with Gasteiger partial charge in [0.15, 0.2) is 0 Å². The van der Waals surface area contributed by atoms with Crippen molar-refractivity contribution >= 4 is 186 Å². The molecule has 0 saturated carbocycles. The summed E-state index contributed by atoms with van der Waals surface area (Å²) in [7, 11) is 0. The van der Waals surface area contributed by atoms with Gasteiger partial charge in [0.1, 0.15) is 0 Å². The zero-order valence-corrected chi connectivity index (χ0v) is 76.9. The number of aromatic nitrogens is 3. The molecule has 0 unspecified atom stereocenters. The lowest BCUT2D eigenvalue weighted by Gasteiger charge is -2.26. The van der Waals surface area contributed by atoms with Crippen LogP contribution in [0.5, 0.6) is 0 Å². The lowest BCUT2D eigenvalue weighted by molar-refractivity contribution is 1.17. The number of nitrogens with zero attached hydrogens (tertiary/aromatic N) is 5. The molecule has 0 aliphatic heterocycles. The van der Waals surface area contributed by atoms with Gasteiger partial charge in [-0.25, -0.2) is 0 Å². The van der Waals surface area contributed by atoms with Crippen LogP contribution in [-0.2, 0) is 0 Å². The summed E-state index contributed by atoms with van der Waals surface area (Å²) in [4.78, 5) is 4.71. The summed E-state index contributed by atoms with van der Waals surface area (Å²) in [6.45, 7) is 4.37. The monoisotopic (exact) mass is 1860 g/mol. The van der Waals surface area contributed by atoms with Crippen molar-refractivity contribution in [2.24, 2.45) is 0 Å². The Hall–Kier alpha value is -16.4. The molecule has 0 radical (unpaired) electrons. The Morgan fingerprint density at radius 2 is 0.393 bits per heavy atom. The van der Waals surface area contributed by atoms with Gasteiger partial charge in [-0.1, -0.05) is 348 Å². The molecule has 25 rings (SSSR count). The minimum absolute atomic E-state index is 0. The molecular weight excluding hydrogens is 1770 g/mol. The number of para-hydroxylation sites is 9. The number of hydrogen-bond acceptors (Lipinski definition) is 3. The van der Waals surface area contributed by atoms with Crippen molar-refractivity contribution < 1.29 is 0 Å². The molecule has 1 N–H and O–H groups in total. The molecule has 0 spiro atoms. The lowest BCUT2D eigenvalue weighted by atomic mass is 9.85. The largest absolute Gasteiger partial charge is 0.356 e. The molecule has 0 atom stereocenters. The van der Waals surface area contributed by atoms with E-state index < -0.39 is 0 Å². The maximum atomic E-state index is 3.57. The standard InChI is InChI=1S/C75H52N4.C27H18Br2.C24H18N2.CH4/c1-51-32-49-68-69(50-51)75(53-35-39-57(40-36-53)77(55-20-6-3-7-21-55)59-43-47-61(48-44-59)79-72-30-16-12-24-64(72)65-25-13-17-31-73(65)79)67-27-9-8-26-66(67)74(68)52-33-37-56(38-34-52)76(54-18-4-2-5-19-54)58-41-45-60(46-42-58)78-70-28-14-10-22-62(70)63-23-11-15-29-71(63)78;1-17-6-15-24-25(16-17)27(19-9-13-21(29)14-10-19)23-5-3-2-4-22(23)26(24)18-7-11-20(28)12-8-18;1-2-8-18(9-3-1)25-19-14-16-20(17-15-19)26-23-12-6-4-10-21(23)22-11-5-7-13-24(22)26;/h2-50H,1H3;2-16H,1H3;1-17,25H;1H4. The average molecular weight is 1860 g/mol. The van der Waals surface area contributed by atoms with Crippen LogP contribution in [0.15, 0.2) is 500 Å². The molecule has 0 saturated heterocycles. The number of benzene rings is 22. The topological polar surface area (TPSA) is 33.3 Å². The normalized spacial score (nSPS) is 11.3. The number of anilines is 8. The van der Waals surface area contributed by atoms with Gasteiger partial charge in [-0.15, -0.1) is 0 Å². The van der Waals surface area contributed by atoms with Crippen LogP contribution in [0.2, 0.25) is 0 Å². The Labute approximate surface area is 802 Å². The highest BCUT2D eigenvalue weighted by atomic mass is 79.9. The Bertz CT molecular complexity index is 8530. The highest BCUT2D eigenvalue weighted by Gasteiger charge is 2.24. The van der Waals surface area contributed by atoms with Crippen molar-refractivity contribution in [3.05, 3.63) is 511 Å².